The second-order valence-corrected chi connectivity index (χ2v) is 8.70. The number of fused-ring (bicyclic) bond motifs is 2. The predicted molar refractivity (Wildman–Crippen MR) is 88.6 cm³/mol. The highest BCUT2D eigenvalue weighted by Crippen LogP contribution is 2.38. The lowest BCUT2D eigenvalue weighted by atomic mass is 9.93. The maximum atomic E-state index is 13.5. The van der Waals surface area contributed by atoms with Crippen LogP contribution in [0.3, 0.4) is 0 Å². The van der Waals surface area contributed by atoms with E-state index in [9.17, 15) is 12.8 Å². The van der Waals surface area contributed by atoms with Gasteiger partial charge in [-0.1, -0.05) is 0 Å². The van der Waals surface area contributed by atoms with Gasteiger partial charge in [0.2, 0.25) is 15.9 Å². The summed E-state index contributed by atoms with van der Waals surface area (Å²) >= 11 is 0. The van der Waals surface area contributed by atoms with Gasteiger partial charge in [0.25, 0.3) is 0 Å². The van der Waals surface area contributed by atoms with Crippen LogP contribution in [0.15, 0.2) is 12.3 Å². The van der Waals surface area contributed by atoms with Crippen molar-refractivity contribution in [3.8, 4) is 5.88 Å². The molecule has 3 atom stereocenters. The Labute approximate surface area is 142 Å². The number of nitrogens with one attached hydrogen (secondary N) is 1. The Morgan fingerprint density at radius 2 is 2.04 bits per heavy atom. The largest absolute Gasteiger partial charge is 0.481 e. The molecule has 0 aromatic carbocycles. The summed E-state index contributed by atoms with van der Waals surface area (Å²) in [4.78, 5) is 6.22. The first-order valence-corrected chi connectivity index (χ1v) is 9.98. The number of methoxy groups -OCH3 is 1. The summed E-state index contributed by atoms with van der Waals surface area (Å²) < 4.78 is 45.3. The zero-order valence-corrected chi connectivity index (χ0v) is 14.9. The number of nitrogens with zero attached hydrogens (tertiary/aromatic N) is 2. The summed E-state index contributed by atoms with van der Waals surface area (Å²) in [7, 11) is -1.66. The SMILES string of the molecule is CCS(=O)(=O)NC1[C@@H]2CC[C@H]1CN(Cc1cc(F)cnc1OC)C2. The molecule has 3 rings (SSSR count). The molecule has 1 aromatic rings. The Morgan fingerprint density at radius 1 is 1.38 bits per heavy atom. The third kappa shape index (κ3) is 3.70. The van der Waals surface area contributed by atoms with E-state index in [1.54, 1.807) is 6.92 Å². The number of rotatable bonds is 6. The highest BCUT2D eigenvalue weighted by molar-refractivity contribution is 7.89. The van der Waals surface area contributed by atoms with Gasteiger partial charge in [0.1, 0.15) is 5.82 Å². The van der Waals surface area contributed by atoms with E-state index in [4.69, 9.17) is 4.74 Å². The number of ether oxygens (including phenoxy) is 1. The maximum Gasteiger partial charge on any atom is 0.217 e. The summed E-state index contributed by atoms with van der Waals surface area (Å²) in [6.07, 6.45) is 3.20. The van der Waals surface area contributed by atoms with E-state index in [1.807, 2.05) is 0 Å². The van der Waals surface area contributed by atoms with Crippen LogP contribution in [-0.2, 0) is 16.6 Å². The molecule has 1 saturated carbocycles. The lowest BCUT2D eigenvalue weighted by Crippen LogP contribution is -2.52. The molecule has 0 radical (unpaired) electrons. The van der Waals surface area contributed by atoms with E-state index in [2.05, 4.69) is 14.6 Å². The van der Waals surface area contributed by atoms with E-state index in [0.29, 0.717) is 24.3 Å². The molecule has 0 spiro atoms. The van der Waals surface area contributed by atoms with Gasteiger partial charge < -0.3 is 4.74 Å². The first-order valence-electron chi connectivity index (χ1n) is 8.32. The first-order chi connectivity index (χ1) is 11.4. The minimum Gasteiger partial charge on any atom is -0.481 e. The fraction of sp³-hybridized carbons (Fsp3) is 0.688. The number of pyridine rings is 1. The fourth-order valence-corrected chi connectivity index (χ4v) is 4.90. The maximum absolute atomic E-state index is 13.5. The molecular weight excluding hydrogens is 333 g/mol. The molecule has 2 heterocycles. The van der Waals surface area contributed by atoms with Crippen molar-refractivity contribution in [2.24, 2.45) is 11.8 Å². The van der Waals surface area contributed by atoms with Crippen LogP contribution in [0.2, 0.25) is 0 Å². The highest BCUT2D eigenvalue weighted by atomic mass is 32.2. The molecule has 0 amide bonds. The molecule has 1 N–H and O–H groups in total. The summed E-state index contributed by atoms with van der Waals surface area (Å²) in [5.74, 6) is 0.783. The number of likely N-dealkylation sites (tertiary alicyclic amines) is 1. The third-order valence-corrected chi connectivity index (χ3v) is 6.48. The van der Waals surface area contributed by atoms with Crippen LogP contribution in [0.25, 0.3) is 0 Å². The van der Waals surface area contributed by atoms with Crippen LogP contribution in [0, 0.1) is 17.7 Å². The topological polar surface area (TPSA) is 71.5 Å². The molecule has 2 aliphatic rings. The number of hydrogen-bond acceptors (Lipinski definition) is 5. The lowest BCUT2D eigenvalue weighted by Gasteiger charge is -2.38. The molecular formula is C16H24FN3O3S. The molecule has 6 nitrogen and oxygen atoms in total. The average Bonchev–Trinajstić information content (AvgIpc) is 2.77. The molecule has 134 valence electrons. The van der Waals surface area contributed by atoms with Gasteiger partial charge in [-0.05, 0) is 37.7 Å². The molecule has 1 aromatic heterocycles. The second-order valence-electron chi connectivity index (χ2n) is 6.66. The van der Waals surface area contributed by atoms with E-state index in [0.717, 1.165) is 37.7 Å². The van der Waals surface area contributed by atoms with Gasteiger partial charge in [-0.3, -0.25) is 4.90 Å². The van der Waals surface area contributed by atoms with Crippen molar-refractivity contribution in [2.75, 3.05) is 26.0 Å². The average molecular weight is 357 g/mol. The van der Waals surface area contributed by atoms with Crippen molar-refractivity contribution in [3.05, 3.63) is 23.6 Å². The predicted octanol–water partition coefficient (Wildman–Crippen LogP) is 1.38. The quantitative estimate of drug-likeness (QED) is 0.833. The Kier molecular flexibility index (Phi) is 5.08. The van der Waals surface area contributed by atoms with Crippen molar-refractivity contribution in [3.63, 3.8) is 0 Å². The number of hydrogen-bond donors (Lipinski definition) is 1. The van der Waals surface area contributed by atoms with Gasteiger partial charge in [-0.15, -0.1) is 0 Å². The van der Waals surface area contributed by atoms with E-state index >= 15 is 0 Å². The monoisotopic (exact) mass is 357 g/mol. The molecule has 1 saturated heterocycles. The standard InChI is InChI=1S/C16H24FN3O3S/c1-3-24(21,22)19-15-11-4-5-12(15)9-20(8-11)10-13-6-14(17)7-18-16(13)23-2/h6-7,11-12,15,19H,3-5,8-10H2,1-2H3/t11-,12+,15?. The number of halogens is 1. The zero-order valence-electron chi connectivity index (χ0n) is 14.0. The molecule has 1 unspecified atom stereocenters. The van der Waals surface area contributed by atoms with Crippen LogP contribution in [0.5, 0.6) is 5.88 Å². The van der Waals surface area contributed by atoms with Crippen LogP contribution < -0.4 is 9.46 Å². The van der Waals surface area contributed by atoms with Crippen molar-refractivity contribution < 1.29 is 17.5 Å². The Bertz CT molecular complexity index is 684. The summed E-state index contributed by atoms with van der Waals surface area (Å²) in [5, 5.41) is 0. The number of sulfonamides is 1. The van der Waals surface area contributed by atoms with Crippen molar-refractivity contribution in [2.45, 2.75) is 32.4 Å². The molecule has 2 fully saturated rings. The van der Waals surface area contributed by atoms with Crippen LogP contribution in [0.1, 0.15) is 25.3 Å². The Hall–Kier alpha value is -1.25. The summed E-state index contributed by atoms with van der Waals surface area (Å²) in [6.45, 7) is 3.82. The summed E-state index contributed by atoms with van der Waals surface area (Å²) in [6, 6.07) is 1.48. The zero-order chi connectivity index (χ0) is 17.3. The lowest BCUT2D eigenvalue weighted by molar-refractivity contribution is 0.132. The summed E-state index contributed by atoms with van der Waals surface area (Å²) in [5.41, 5.74) is 0.726. The van der Waals surface area contributed by atoms with E-state index in [-0.39, 0.29) is 17.6 Å². The van der Waals surface area contributed by atoms with Gasteiger partial charge in [0.05, 0.1) is 19.1 Å². The van der Waals surface area contributed by atoms with Gasteiger partial charge in [-0.2, -0.15) is 0 Å². The van der Waals surface area contributed by atoms with Crippen molar-refractivity contribution in [1.82, 2.24) is 14.6 Å². The normalized spacial score (nSPS) is 27.4. The van der Waals surface area contributed by atoms with Crippen LogP contribution >= 0.6 is 0 Å². The fourth-order valence-electron chi connectivity index (χ4n) is 3.94. The molecule has 1 aliphatic heterocycles. The van der Waals surface area contributed by atoms with E-state index < -0.39 is 10.0 Å². The Balaban J connectivity index is 1.69. The minimum absolute atomic E-state index is 0.0266. The minimum atomic E-state index is -3.19. The molecule has 2 bridgehead atoms. The van der Waals surface area contributed by atoms with Crippen LogP contribution in [-0.4, -0.2) is 50.3 Å². The molecule has 8 heteroatoms. The number of aromatic nitrogens is 1. The molecule has 1 aliphatic carbocycles. The van der Waals surface area contributed by atoms with Gasteiger partial charge >= 0.3 is 0 Å². The second kappa shape index (κ2) is 6.93. The third-order valence-electron chi connectivity index (χ3n) is 5.08. The van der Waals surface area contributed by atoms with Gasteiger partial charge in [0.15, 0.2) is 0 Å². The van der Waals surface area contributed by atoms with Crippen molar-refractivity contribution in [1.29, 1.82) is 0 Å². The number of piperidine rings is 1. The molecule has 24 heavy (non-hydrogen) atoms. The smallest absolute Gasteiger partial charge is 0.217 e. The van der Waals surface area contributed by atoms with Gasteiger partial charge in [-0.25, -0.2) is 22.5 Å². The van der Waals surface area contributed by atoms with E-state index in [1.165, 1.54) is 13.2 Å². The highest BCUT2D eigenvalue weighted by Gasteiger charge is 2.43. The van der Waals surface area contributed by atoms with Crippen molar-refractivity contribution >= 4 is 10.0 Å². The van der Waals surface area contributed by atoms with Gasteiger partial charge in [0, 0.05) is 31.2 Å². The first kappa shape index (κ1) is 17.6. The van der Waals surface area contributed by atoms with Crippen LogP contribution in [0.4, 0.5) is 4.39 Å². The Morgan fingerprint density at radius 3 is 2.62 bits per heavy atom.